The molecule has 3 aliphatic rings. The molecule has 0 aromatic heterocycles. The molecule has 0 spiro atoms. The highest BCUT2D eigenvalue weighted by molar-refractivity contribution is 4.96. The molecule has 2 heterocycles. The molecule has 1 saturated carbocycles. The molecule has 2 aliphatic heterocycles. The van der Waals surface area contributed by atoms with Gasteiger partial charge in [-0.05, 0) is 39.2 Å². The highest BCUT2D eigenvalue weighted by Gasteiger charge is 2.36. The number of nitrogens with zero attached hydrogens (tertiary/aromatic N) is 2. The van der Waals surface area contributed by atoms with Crippen molar-refractivity contribution in [2.45, 2.75) is 56.7 Å². The maximum absolute atomic E-state index is 9.73. The molecule has 3 fully saturated rings. The molecule has 2 saturated heterocycles. The minimum absolute atomic E-state index is 0.113. The fourth-order valence-electron chi connectivity index (χ4n) is 3.72. The van der Waals surface area contributed by atoms with Crippen LogP contribution in [-0.4, -0.2) is 71.9 Å². The predicted molar refractivity (Wildman–Crippen MR) is 77.3 cm³/mol. The largest absolute Gasteiger partial charge is 0.394 e. The van der Waals surface area contributed by atoms with Gasteiger partial charge in [-0.3, -0.25) is 9.80 Å². The first-order valence-electron chi connectivity index (χ1n) is 8.03. The summed E-state index contributed by atoms with van der Waals surface area (Å²) in [7, 11) is 0. The number of aliphatic hydroxyl groups excluding tert-OH is 1. The third-order valence-corrected chi connectivity index (χ3v) is 4.97. The van der Waals surface area contributed by atoms with E-state index in [-0.39, 0.29) is 12.1 Å². The third-order valence-electron chi connectivity index (χ3n) is 4.97. The van der Waals surface area contributed by atoms with Crippen molar-refractivity contribution in [1.82, 2.24) is 15.1 Å². The number of nitrogens with one attached hydrogen (secondary N) is 1. The van der Waals surface area contributed by atoms with Gasteiger partial charge in [0, 0.05) is 38.3 Å². The zero-order chi connectivity index (χ0) is 13.3. The lowest BCUT2D eigenvalue weighted by Gasteiger charge is -2.46. The first-order chi connectivity index (χ1) is 9.18. The maximum atomic E-state index is 9.73. The molecule has 0 amide bonds. The second kappa shape index (κ2) is 5.68. The molecule has 0 bridgehead atoms. The quantitative estimate of drug-likeness (QED) is 0.767. The minimum Gasteiger partial charge on any atom is -0.394 e. The highest BCUT2D eigenvalue weighted by Crippen LogP contribution is 2.25. The summed E-state index contributed by atoms with van der Waals surface area (Å²) < 4.78 is 0. The van der Waals surface area contributed by atoms with Crippen LogP contribution in [0.3, 0.4) is 0 Å². The average Bonchev–Trinajstić information content (AvgIpc) is 3.22. The van der Waals surface area contributed by atoms with Gasteiger partial charge in [-0.2, -0.15) is 0 Å². The van der Waals surface area contributed by atoms with Gasteiger partial charge in [0.1, 0.15) is 0 Å². The Kier molecular flexibility index (Phi) is 4.13. The van der Waals surface area contributed by atoms with Crippen molar-refractivity contribution in [2.75, 3.05) is 39.3 Å². The molecule has 2 atom stereocenters. The lowest BCUT2D eigenvalue weighted by molar-refractivity contribution is 0.0264. The number of aliphatic hydroxyl groups is 1. The van der Waals surface area contributed by atoms with E-state index in [1.54, 1.807) is 0 Å². The van der Waals surface area contributed by atoms with Crippen molar-refractivity contribution < 1.29 is 5.11 Å². The number of hydrogen-bond donors (Lipinski definition) is 2. The van der Waals surface area contributed by atoms with Crippen molar-refractivity contribution in [3.63, 3.8) is 0 Å². The van der Waals surface area contributed by atoms with E-state index >= 15 is 0 Å². The summed E-state index contributed by atoms with van der Waals surface area (Å²) in [6.45, 7) is 8.30. The molecule has 2 N–H and O–H groups in total. The minimum atomic E-state index is -0.113. The van der Waals surface area contributed by atoms with Crippen molar-refractivity contribution in [3.8, 4) is 0 Å². The fraction of sp³-hybridized carbons (Fsp3) is 1.00. The monoisotopic (exact) mass is 267 g/mol. The van der Waals surface area contributed by atoms with Gasteiger partial charge in [-0.25, -0.2) is 0 Å². The lowest BCUT2D eigenvalue weighted by atomic mass is 9.97. The molecule has 3 rings (SSSR count). The van der Waals surface area contributed by atoms with Crippen molar-refractivity contribution >= 4 is 0 Å². The van der Waals surface area contributed by atoms with Crippen LogP contribution >= 0.6 is 0 Å². The number of piperazine rings is 1. The Morgan fingerprint density at radius 2 is 2.00 bits per heavy atom. The van der Waals surface area contributed by atoms with Crippen molar-refractivity contribution in [1.29, 1.82) is 0 Å². The lowest BCUT2D eigenvalue weighted by Crippen LogP contribution is -2.61. The Bertz CT molecular complexity index is 308. The first kappa shape index (κ1) is 13.8. The highest BCUT2D eigenvalue weighted by atomic mass is 16.3. The summed E-state index contributed by atoms with van der Waals surface area (Å²) in [5.74, 6) is 0. The third kappa shape index (κ3) is 3.48. The molecule has 4 nitrogen and oxygen atoms in total. The molecular weight excluding hydrogens is 238 g/mol. The van der Waals surface area contributed by atoms with E-state index in [4.69, 9.17) is 0 Å². The van der Waals surface area contributed by atoms with Gasteiger partial charge in [-0.1, -0.05) is 6.42 Å². The number of fused-ring (bicyclic) bond motifs is 1. The van der Waals surface area contributed by atoms with E-state index in [9.17, 15) is 5.11 Å². The average molecular weight is 267 g/mol. The fourth-order valence-corrected chi connectivity index (χ4v) is 3.72. The summed E-state index contributed by atoms with van der Waals surface area (Å²) in [5, 5.41) is 13.4. The molecule has 0 aromatic rings. The summed E-state index contributed by atoms with van der Waals surface area (Å²) in [4.78, 5) is 5.24. The predicted octanol–water partition coefficient (Wildman–Crippen LogP) is 0.660. The van der Waals surface area contributed by atoms with E-state index in [2.05, 4.69) is 22.0 Å². The Morgan fingerprint density at radius 3 is 2.74 bits per heavy atom. The van der Waals surface area contributed by atoms with Crippen LogP contribution in [0.2, 0.25) is 0 Å². The summed E-state index contributed by atoms with van der Waals surface area (Å²) in [6.07, 6.45) is 6.71. The van der Waals surface area contributed by atoms with E-state index in [1.165, 1.54) is 58.3 Å². The second-order valence-electron chi connectivity index (χ2n) is 7.06. The molecular formula is C15H29N3O. The van der Waals surface area contributed by atoms with Crippen LogP contribution in [0, 0.1) is 0 Å². The van der Waals surface area contributed by atoms with Crippen molar-refractivity contribution in [2.24, 2.45) is 0 Å². The molecule has 4 heteroatoms. The number of hydrogen-bond acceptors (Lipinski definition) is 4. The standard InChI is InChI=1S/C15H29N3O/c1-15(12-19,16-13-5-6-13)11-17-8-9-18-7-3-2-4-14(18)10-17/h13-14,16,19H,2-12H2,1H3. The van der Waals surface area contributed by atoms with Crippen LogP contribution in [0.15, 0.2) is 0 Å². The molecule has 19 heavy (non-hydrogen) atoms. The van der Waals surface area contributed by atoms with Gasteiger partial charge in [0.2, 0.25) is 0 Å². The van der Waals surface area contributed by atoms with Crippen LogP contribution in [0.25, 0.3) is 0 Å². The first-order valence-corrected chi connectivity index (χ1v) is 8.03. The Balaban J connectivity index is 1.53. The number of piperidine rings is 1. The Hall–Kier alpha value is -0.160. The normalized spacial score (nSPS) is 32.8. The summed E-state index contributed by atoms with van der Waals surface area (Å²) in [5.41, 5.74) is -0.113. The van der Waals surface area contributed by atoms with Crippen LogP contribution in [0.5, 0.6) is 0 Å². The summed E-state index contributed by atoms with van der Waals surface area (Å²) in [6, 6.07) is 1.43. The van der Waals surface area contributed by atoms with Gasteiger partial charge < -0.3 is 10.4 Å². The molecule has 0 aromatic carbocycles. The van der Waals surface area contributed by atoms with Gasteiger partial charge >= 0.3 is 0 Å². The van der Waals surface area contributed by atoms with Crippen molar-refractivity contribution in [3.05, 3.63) is 0 Å². The number of rotatable bonds is 5. The van der Waals surface area contributed by atoms with E-state index in [1.807, 2.05) is 0 Å². The SMILES string of the molecule is CC(CO)(CN1CCN2CCCCC2C1)NC1CC1. The smallest absolute Gasteiger partial charge is 0.0623 e. The second-order valence-corrected chi connectivity index (χ2v) is 7.06. The van der Waals surface area contributed by atoms with Gasteiger partial charge in [0.05, 0.1) is 12.1 Å². The van der Waals surface area contributed by atoms with Gasteiger partial charge in [0.25, 0.3) is 0 Å². The Labute approximate surface area is 117 Å². The van der Waals surface area contributed by atoms with Crippen LogP contribution < -0.4 is 5.32 Å². The zero-order valence-corrected chi connectivity index (χ0v) is 12.3. The Morgan fingerprint density at radius 1 is 1.16 bits per heavy atom. The molecule has 0 radical (unpaired) electrons. The topological polar surface area (TPSA) is 38.7 Å². The summed E-state index contributed by atoms with van der Waals surface area (Å²) >= 11 is 0. The van der Waals surface area contributed by atoms with Gasteiger partial charge in [-0.15, -0.1) is 0 Å². The van der Waals surface area contributed by atoms with E-state index in [0.29, 0.717) is 6.04 Å². The van der Waals surface area contributed by atoms with E-state index in [0.717, 1.165) is 12.6 Å². The van der Waals surface area contributed by atoms with Crippen LogP contribution in [-0.2, 0) is 0 Å². The molecule has 110 valence electrons. The molecule has 1 aliphatic carbocycles. The molecule has 2 unspecified atom stereocenters. The van der Waals surface area contributed by atoms with Crippen LogP contribution in [0.4, 0.5) is 0 Å². The van der Waals surface area contributed by atoms with Gasteiger partial charge in [0.15, 0.2) is 0 Å². The van der Waals surface area contributed by atoms with Crippen LogP contribution in [0.1, 0.15) is 39.0 Å². The zero-order valence-electron chi connectivity index (χ0n) is 12.3. The van der Waals surface area contributed by atoms with E-state index < -0.39 is 0 Å². The maximum Gasteiger partial charge on any atom is 0.0623 e.